The lowest BCUT2D eigenvalue weighted by molar-refractivity contribution is -0.143. The van der Waals surface area contributed by atoms with Crippen molar-refractivity contribution < 1.29 is 18.3 Å². The second-order valence-electron chi connectivity index (χ2n) is 5.16. The third-order valence-electron chi connectivity index (χ3n) is 3.66. The van der Waals surface area contributed by atoms with Crippen LogP contribution in [0.25, 0.3) is 0 Å². The first-order valence-corrected chi connectivity index (χ1v) is 6.90. The number of rotatable bonds is 4. The Bertz CT molecular complexity index is 453. The summed E-state index contributed by atoms with van der Waals surface area (Å²) in [5.74, 6) is -1.92. The lowest BCUT2D eigenvalue weighted by Crippen LogP contribution is -2.38. The molecule has 0 heterocycles. The van der Waals surface area contributed by atoms with Gasteiger partial charge in [0.15, 0.2) is 0 Å². The monoisotopic (exact) mass is 283 g/mol. The zero-order valence-electron chi connectivity index (χ0n) is 11.5. The molecule has 2 rings (SSSR count). The SMILES string of the molecule is COC(=O)C(NC1CCCCC1)c1cc(F)cc(F)c1. The van der Waals surface area contributed by atoms with Crippen LogP contribution < -0.4 is 5.32 Å². The summed E-state index contributed by atoms with van der Waals surface area (Å²) in [6.07, 6.45) is 5.32. The molecular weight excluding hydrogens is 264 g/mol. The number of halogens is 2. The Labute approximate surface area is 117 Å². The summed E-state index contributed by atoms with van der Waals surface area (Å²) in [5, 5.41) is 3.17. The fourth-order valence-corrected chi connectivity index (χ4v) is 2.66. The van der Waals surface area contributed by atoms with Crippen molar-refractivity contribution >= 4 is 5.97 Å². The van der Waals surface area contributed by atoms with Gasteiger partial charge in [0, 0.05) is 12.1 Å². The second kappa shape index (κ2) is 6.79. The standard InChI is InChI=1S/C15H19F2NO2/c1-20-15(19)14(18-13-5-3-2-4-6-13)10-7-11(16)9-12(17)8-10/h7-9,13-14,18H,2-6H2,1H3. The van der Waals surface area contributed by atoms with Gasteiger partial charge in [-0.2, -0.15) is 0 Å². The number of carbonyl (C=O) groups is 1. The van der Waals surface area contributed by atoms with Crippen LogP contribution >= 0.6 is 0 Å². The van der Waals surface area contributed by atoms with Crippen LogP contribution in [0.3, 0.4) is 0 Å². The first-order valence-electron chi connectivity index (χ1n) is 6.90. The van der Waals surface area contributed by atoms with Crippen molar-refractivity contribution in [3.63, 3.8) is 0 Å². The molecule has 0 bridgehead atoms. The Morgan fingerprint density at radius 3 is 2.35 bits per heavy atom. The van der Waals surface area contributed by atoms with Crippen molar-refractivity contribution in [2.45, 2.75) is 44.2 Å². The summed E-state index contributed by atoms with van der Waals surface area (Å²) in [5.41, 5.74) is 0.264. The molecule has 0 saturated heterocycles. The number of hydrogen-bond donors (Lipinski definition) is 1. The van der Waals surface area contributed by atoms with Crippen LogP contribution in [-0.2, 0) is 9.53 Å². The van der Waals surface area contributed by atoms with Crippen LogP contribution in [-0.4, -0.2) is 19.1 Å². The molecule has 0 aliphatic heterocycles. The van der Waals surface area contributed by atoms with E-state index in [2.05, 4.69) is 5.32 Å². The van der Waals surface area contributed by atoms with Crippen molar-refractivity contribution in [3.05, 3.63) is 35.4 Å². The van der Waals surface area contributed by atoms with Crippen molar-refractivity contribution in [2.24, 2.45) is 0 Å². The van der Waals surface area contributed by atoms with Crippen LogP contribution in [0, 0.1) is 11.6 Å². The predicted molar refractivity (Wildman–Crippen MR) is 71.1 cm³/mol. The van der Waals surface area contributed by atoms with Gasteiger partial charge in [-0.05, 0) is 30.5 Å². The number of hydrogen-bond acceptors (Lipinski definition) is 3. The Morgan fingerprint density at radius 2 is 1.80 bits per heavy atom. The molecule has 5 heteroatoms. The highest BCUT2D eigenvalue weighted by Crippen LogP contribution is 2.23. The van der Waals surface area contributed by atoms with Crippen LogP contribution in [0.4, 0.5) is 8.78 Å². The van der Waals surface area contributed by atoms with Crippen LogP contribution in [0.5, 0.6) is 0 Å². The van der Waals surface area contributed by atoms with Gasteiger partial charge in [-0.3, -0.25) is 5.32 Å². The number of ether oxygens (including phenoxy) is 1. The molecule has 1 aliphatic carbocycles. The predicted octanol–water partition coefficient (Wildman–Crippen LogP) is 3.10. The molecule has 0 radical (unpaired) electrons. The van der Waals surface area contributed by atoms with E-state index < -0.39 is 23.6 Å². The van der Waals surface area contributed by atoms with Gasteiger partial charge in [0.25, 0.3) is 0 Å². The van der Waals surface area contributed by atoms with E-state index in [1.165, 1.54) is 25.7 Å². The summed E-state index contributed by atoms with van der Waals surface area (Å²) in [6, 6.07) is 2.48. The number of nitrogens with one attached hydrogen (secondary N) is 1. The Morgan fingerprint density at radius 1 is 1.20 bits per heavy atom. The molecule has 20 heavy (non-hydrogen) atoms. The van der Waals surface area contributed by atoms with Gasteiger partial charge in [-0.15, -0.1) is 0 Å². The van der Waals surface area contributed by atoms with Crippen molar-refractivity contribution in [1.29, 1.82) is 0 Å². The zero-order chi connectivity index (χ0) is 14.5. The Balaban J connectivity index is 2.19. The third-order valence-corrected chi connectivity index (χ3v) is 3.66. The quantitative estimate of drug-likeness (QED) is 0.863. The molecule has 1 aliphatic rings. The fourth-order valence-electron chi connectivity index (χ4n) is 2.66. The van der Waals surface area contributed by atoms with Gasteiger partial charge in [0.2, 0.25) is 0 Å². The van der Waals surface area contributed by atoms with Gasteiger partial charge in [-0.25, -0.2) is 13.6 Å². The maximum Gasteiger partial charge on any atom is 0.327 e. The van der Waals surface area contributed by atoms with Gasteiger partial charge < -0.3 is 4.74 Å². The number of methoxy groups -OCH3 is 1. The lowest BCUT2D eigenvalue weighted by Gasteiger charge is -2.27. The molecular formula is C15H19F2NO2. The van der Waals surface area contributed by atoms with Gasteiger partial charge in [0.05, 0.1) is 7.11 Å². The molecule has 1 atom stereocenters. The van der Waals surface area contributed by atoms with E-state index in [9.17, 15) is 13.6 Å². The van der Waals surface area contributed by atoms with Gasteiger partial charge in [0.1, 0.15) is 17.7 Å². The van der Waals surface area contributed by atoms with E-state index in [1.54, 1.807) is 0 Å². The highest BCUT2D eigenvalue weighted by Gasteiger charge is 2.26. The van der Waals surface area contributed by atoms with Crippen LogP contribution in [0.15, 0.2) is 18.2 Å². The van der Waals surface area contributed by atoms with Crippen molar-refractivity contribution in [3.8, 4) is 0 Å². The zero-order valence-corrected chi connectivity index (χ0v) is 11.5. The van der Waals surface area contributed by atoms with E-state index in [4.69, 9.17) is 4.74 Å². The molecule has 1 unspecified atom stereocenters. The Hall–Kier alpha value is -1.49. The van der Waals surface area contributed by atoms with Crippen molar-refractivity contribution in [2.75, 3.05) is 7.11 Å². The number of esters is 1. The smallest absolute Gasteiger partial charge is 0.327 e. The van der Waals surface area contributed by atoms with Crippen molar-refractivity contribution in [1.82, 2.24) is 5.32 Å². The summed E-state index contributed by atoms with van der Waals surface area (Å²) in [4.78, 5) is 11.9. The molecule has 0 aromatic heterocycles. The molecule has 1 saturated carbocycles. The lowest BCUT2D eigenvalue weighted by atomic mass is 9.94. The summed E-state index contributed by atoms with van der Waals surface area (Å²) < 4.78 is 31.4. The van der Waals surface area contributed by atoms with E-state index in [-0.39, 0.29) is 11.6 Å². The normalized spacial score (nSPS) is 17.8. The first-order chi connectivity index (χ1) is 9.60. The van der Waals surface area contributed by atoms with E-state index >= 15 is 0 Å². The third kappa shape index (κ3) is 3.76. The van der Waals surface area contributed by atoms with Gasteiger partial charge in [-0.1, -0.05) is 19.3 Å². The highest BCUT2D eigenvalue weighted by molar-refractivity contribution is 5.77. The Kier molecular flexibility index (Phi) is 5.06. The van der Waals surface area contributed by atoms with Gasteiger partial charge >= 0.3 is 5.97 Å². The minimum atomic E-state index is -0.826. The number of benzene rings is 1. The van der Waals surface area contributed by atoms with Crippen LogP contribution in [0.2, 0.25) is 0 Å². The molecule has 110 valence electrons. The maximum absolute atomic E-state index is 13.3. The largest absolute Gasteiger partial charge is 0.468 e. The van der Waals surface area contributed by atoms with E-state index in [1.807, 2.05) is 0 Å². The summed E-state index contributed by atoms with van der Waals surface area (Å²) in [7, 11) is 1.27. The molecule has 0 amide bonds. The average molecular weight is 283 g/mol. The average Bonchev–Trinajstić information content (AvgIpc) is 2.44. The molecule has 1 fully saturated rings. The molecule has 1 aromatic rings. The fraction of sp³-hybridized carbons (Fsp3) is 0.533. The van der Waals surface area contributed by atoms with E-state index in [0.29, 0.717) is 0 Å². The second-order valence-corrected chi connectivity index (χ2v) is 5.16. The summed E-state index contributed by atoms with van der Waals surface area (Å²) >= 11 is 0. The number of carbonyl (C=O) groups excluding carboxylic acids is 1. The first kappa shape index (κ1) is 14.9. The van der Waals surface area contributed by atoms with Crippen LogP contribution in [0.1, 0.15) is 43.7 Å². The topological polar surface area (TPSA) is 38.3 Å². The highest BCUT2D eigenvalue weighted by atomic mass is 19.1. The minimum Gasteiger partial charge on any atom is -0.468 e. The maximum atomic E-state index is 13.3. The van der Waals surface area contributed by atoms with E-state index in [0.717, 1.165) is 31.7 Å². The molecule has 1 N–H and O–H groups in total. The molecule has 0 spiro atoms. The molecule has 1 aromatic carbocycles. The minimum absolute atomic E-state index is 0.180. The molecule has 3 nitrogen and oxygen atoms in total. The summed E-state index contributed by atoms with van der Waals surface area (Å²) in [6.45, 7) is 0.